The Morgan fingerprint density at radius 1 is 1.12 bits per heavy atom. The van der Waals surface area contributed by atoms with Crippen molar-refractivity contribution < 1.29 is 14.7 Å². The zero-order valence-corrected chi connectivity index (χ0v) is 15.6. The van der Waals surface area contributed by atoms with Crippen molar-refractivity contribution in [3.8, 4) is 0 Å². The van der Waals surface area contributed by atoms with Gasteiger partial charge in [-0.25, -0.2) is 4.79 Å². The molecule has 2 rings (SSSR count). The summed E-state index contributed by atoms with van der Waals surface area (Å²) in [7, 11) is 0. The number of likely N-dealkylation sites (N-methyl/N-ethyl adjacent to an activating group) is 1. The minimum Gasteiger partial charge on any atom is -0.480 e. The van der Waals surface area contributed by atoms with Crippen LogP contribution in [0.3, 0.4) is 0 Å². The molecule has 7 heteroatoms. The topological polar surface area (TPSA) is 81.7 Å². The van der Waals surface area contributed by atoms with E-state index in [2.05, 4.69) is 16.9 Å². The summed E-state index contributed by atoms with van der Waals surface area (Å²) in [6.07, 6.45) is 8.40. The molecule has 3 N–H and O–H groups in total. The Balaban J connectivity index is 1.62. The summed E-state index contributed by atoms with van der Waals surface area (Å²) in [5.41, 5.74) is 0. The average Bonchev–Trinajstić information content (AvgIpc) is 2.50. The fourth-order valence-electron chi connectivity index (χ4n) is 3.80. The summed E-state index contributed by atoms with van der Waals surface area (Å²) in [4.78, 5) is 24.9. The SMILES string of the molecule is CCN(CC(=O)O)C1CC(NC(=O)NC2CCC(CSC)CC2)C1. The Kier molecular flexibility index (Phi) is 7.68. The first-order valence-corrected chi connectivity index (χ1v) is 10.4. The van der Waals surface area contributed by atoms with Crippen LogP contribution in [-0.4, -0.2) is 65.2 Å². The fraction of sp³-hybridized carbons (Fsp3) is 0.882. The van der Waals surface area contributed by atoms with Gasteiger partial charge in [0.1, 0.15) is 0 Å². The van der Waals surface area contributed by atoms with Crippen LogP contribution in [0.2, 0.25) is 0 Å². The summed E-state index contributed by atoms with van der Waals surface area (Å²) in [6, 6.07) is 0.690. The van der Waals surface area contributed by atoms with Gasteiger partial charge in [-0.05, 0) is 63.0 Å². The first kappa shape index (κ1) is 19.4. The number of amides is 2. The molecule has 0 aromatic carbocycles. The maximum atomic E-state index is 12.1. The standard InChI is InChI=1S/C17H31N3O3S/c1-3-20(10-16(21)22)15-8-14(9-15)19-17(23)18-13-6-4-12(5-7-13)11-24-2/h12-15H,3-11H2,1-2H3,(H,21,22)(H2,18,19,23). The van der Waals surface area contributed by atoms with Crippen molar-refractivity contribution in [1.29, 1.82) is 0 Å². The second-order valence-electron chi connectivity index (χ2n) is 7.07. The third-order valence-corrected chi connectivity index (χ3v) is 6.10. The number of carboxylic acids is 1. The molecule has 0 atom stereocenters. The number of thioether (sulfide) groups is 1. The van der Waals surface area contributed by atoms with Gasteiger partial charge in [0, 0.05) is 18.1 Å². The molecule has 138 valence electrons. The Morgan fingerprint density at radius 2 is 1.75 bits per heavy atom. The van der Waals surface area contributed by atoms with Crippen LogP contribution in [0.4, 0.5) is 4.79 Å². The van der Waals surface area contributed by atoms with Gasteiger partial charge in [-0.1, -0.05) is 6.92 Å². The lowest BCUT2D eigenvalue weighted by Gasteiger charge is -2.42. The highest BCUT2D eigenvalue weighted by Gasteiger charge is 2.35. The number of aliphatic carboxylic acids is 1. The van der Waals surface area contributed by atoms with Crippen LogP contribution >= 0.6 is 11.8 Å². The van der Waals surface area contributed by atoms with E-state index in [9.17, 15) is 9.59 Å². The Hall–Kier alpha value is -0.950. The Morgan fingerprint density at radius 3 is 2.29 bits per heavy atom. The Labute approximate surface area is 149 Å². The number of rotatable bonds is 8. The van der Waals surface area contributed by atoms with Gasteiger partial charge >= 0.3 is 12.0 Å². The highest BCUT2D eigenvalue weighted by atomic mass is 32.2. The van der Waals surface area contributed by atoms with E-state index >= 15 is 0 Å². The van der Waals surface area contributed by atoms with Crippen molar-refractivity contribution in [3.63, 3.8) is 0 Å². The van der Waals surface area contributed by atoms with Crippen molar-refractivity contribution in [2.45, 2.75) is 63.6 Å². The minimum atomic E-state index is -0.789. The van der Waals surface area contributed by atoms with E-state index in [-0.39, 0.29) is 24.7 Å². The molecule has 0 aromatic rings. The molecule has 0 spiro atoms. The highest BCUT2D eigenvalue weighted by molar-refractivity contribution is 7.98. The van der Waals surface area contributed by atoms with E-state index in [1.54, 1.807) is 0 Å². The van der Waals surface area contributed by atoms with Gasteiger partial charge in [0.15, 0.2) is 0 Å². The van der Waals surface area contributed by atoms with Gasteiger partial charge in [-0.2, -0.15) is 11.8 Å². The summed E-state index contributed by atoms with van der Waals surface area (Å²) in [5, 5.41) is 15.0. The van der Waals surface area contributed by atoms with Gasteiger partial charge in [0.05, 0.1) is 6.54 Å². The number of carbonyl (C=O) groups excluding carboxylic acids is 1. The predicted molar refractivity (Wildman–Crippen MR) is 97.5 cm³/mol. The molecule has 2 fully saturated rings. The number of hydrogen-bond acceptors (Lipinski definition) is 4. The van der Waals surface area contributed by atoms with Crippen molar-refractivity contribution in [1.82, 2.24) is 15.5 Å². The van der Waals surface area contributed by atoms with E-state index in [4.69, 9.17) is 5.11 Å². The van der Waals surface area contributed by atoms with Crippen LogP contribution in [0.15, 0.2) is 0 Å². The van der Waals surface area contributed by atoms with Crippen LogP contribution in [-0.2, 0) is 4.79 Å². The number of urea groups is 1. The van der Waals surface area contributed by atoms with Gasteiger partial charge in [-0.15, -0.1) is 0 Å². The summed E-state index contributed by atoms with van der Waals surface area (Å²) >= 11 is 1.91. The van der Waals surface area contributed by atoms with Crippen LogP contribution in [0.25, 0.3) is 0 Å². The second-order valence-corrected chi connectivity index (χ2v) is 7.98. The number of hydrogen-bond donors (Lipinski definition) is 3. The normalized spacial score (nSPS) is 29.8. The molecule has 24 heavy (non-hydrogen) atoms. The van der Waals surface area contributed by atoms with E-state index in [0.717, 1.165) is 38.1 Å². The summed E-state index contributed by atoms with van der Waals surface area (Å²) in [6.45, 7) is 2.79. The highest BCUT2D eigenvalue weighted by Crippen LogP contribution is 2.27. The molecule has 0 unspecified atom stereocenters. The maximum Gasteiger partial charge on any atom is 0.317 e. The molecule has 2 saturated carbocycles. The first-order valence-electron chi connectivity index (χ1n) is 9.03. The van der Waals surface area contributed by atoms with E-state index in [1.165, 1.54) is 18.6 Å². The fourth-order valence-corrected chi connectivity index (χ4v) is 4.60. The largest absolute Gasteiger partial charge is 0.480 e. The molecule has 0 radical (unpaired) electrons. The number of nitrogens with one attached hydrogen (secondary N) is 2. The number of carboxylic acid groups (broad SMARTS) is 1. The molecule has 0 aliphatic heterocycles. The third-order valence-electron chi connectivity index (χ3n) is 5.29. The molecule has 0 heterocycles. The van der Waals surface area contributed by atoms with E-state index in [0.29, 0.717) is 6.04 Å². The lowest BCUT2D eigenvalue weighted by molar-refractivity contribution is -0.139. The Bertz CT molecular complexity index is 421. The summed E-state index contributed by atoms with van der Waals surface area (Å²) < 4.78 is 0. The average molecular weight is 358 g/mol. The molecule has 0 saturated heterocycles. The molecule has 0 bridgehead atoms. The van der Waals surface area contributed by atoms with Crippen molar-refractivity contribution in [2.24, 2.45) is 5.92 Å². The van der Waals surface area contributed by atoms with Crippen LogP contribution in [0.5, 0.6) is 0 Å². The van der Waals surface area contributed by atoms with Crippen LogP contribution < -0.4 is 10.6 Å². The van der Waals surface area contributed by atoms with E-state index < -0.39 is 5.97 Å². The molecular weight excluding hydrogens is 326 g/mol. The molecule has 2 aliphatic rings. The molecule has 0 aromatic heterocycles. The smallest absolute Gasteiger partial charge is 0.317 e. The summed E-state index contributed by atoms with van der Waals surface area (Å²) in [5.74, 6) is 1.25. The van der Waals surface area contributed by atoms with E-state index in [1.807, 2.05) is 23.6 Å². The minimum absolute atomic E-state index is 0.0620. The van der Waals surface area contributed by atoms with Gasteiger partial charge < -0.3 is 15.7 Å². The van der Waals surface area contributed by atoms with Crippen LogP contribution in [0.1, 0.15) is 45.4 Å². The van der Waals surface area contributed by atoms with Gasteiger partial charge in [0.25, 0.3) is 0 Å². The van der Waals surface area contributed by atoms with Gasteiger partial charge in [-0.3, -0.25) is 9.69 Å². The lowest BCUT2D eigenvalue weighted by atomic mass is 9.85. The van der Waals surface area contributed by atoms with Crippen LogP contribution in [0, 0.1) is 5.92 Å². The third kappa shape index (κ3) is 5.84. The molecular formula is C17H31N3O3S. The van der Waals surface area contributed by atoms with Crippen molar-refractivity contribution in [3.05, 3.63) is 0 Å². The zero-order valence-electron chi connectivity index (χ0n) is 14.8. The quantitative estimate of drug-likeness (QED) is 0.620. The lowest BCUT2D eigenvalue weighted by Crippen LogP contribution is -2.57. The zero-order chi connectivity index (χ0) is 17.5. The second kappa shape index (κ2) is 9.51. The molecule has 2 aliphatic carbocycles. The first-order chi connectivity index (χ1) is 11.5. The predicted octanol–water partition coefficient (Wildman–Crippen LogP) is 2.14. The van der Waals surface area contributed by atoms with Crippen molar-refractivity contribution >= 4 is 23.8 Å². The van der Waals surface area contributed by atoms with Crippen molar-refractivity contribution in [2.75, 3.05) is 25.1 Å². The molecule has 6 nitrogen and oxygen atoms in total. The number of nitrogens with zero attached hydrogens (tertiary/aromatic N) is 1. The molecule has 2 amide bonds. The van der Waals surface area contributed by atoms with Gasteiger partial charge in [0.2, 0.25) is 0 Å². The number of carbonyl (C=O) groups is 2. The maximum absolute atomic E-state index is 12.1. The monoisotopic (exact) mass is 357 g/mol.